The molecule has 142 valence electrons. The molecule has 0 bridgehead atoms. The zero-order valence-electron chi connectivity index (χ0n) is 15.6. The number of aryl methyl sites for hydroxylation is 1. The highest BCUT2D eigenvalue weighted by atomic mass is 16.4. The largest absolute Gasteiger partial charge is 0.481 e. The van der Waals surface area contributed by atoms with Crippen LogP contribution >= 0.6 is 0 Å². The van der Waals surface area contributed by atoms with Gasteiger partial charge in [0.25, 0.3) is 5.91 Å². The summed E-state index contributed by atoms with van der Waals surface area (Å²) in [4.78, 5) is 26.8. The number of aromatic nitrogens is 2. The molecule has 6 nitrogen and oxygen atoms in total. The number of rotatable bonds is 3. The summed E-state index contributed by atoms with van der Waals surface area (Å²) in [7, 11) is 1.84. The number of carboxylic acid groups (broad SMARTS) is 1. The first-order valence-corrected chi connectivity index (χ1v) is 9.68. The predicted octanol–water partition coefficient (Wildman–Crippen LogP) is 3.29. The van der Waals surface area contributed by atoms with Crippen molar-refractivity contribution in [2.24, 2.45) is 7.05 Å². The molecule has 1 saturated carbocycles. The fourth-order valence-electron chi connectivity index (χ4n) is 4.49. The molecule has 2 aromatic rings. The monoisotopic (exact) mass is 367 g/mol. The van der Waals surface area contributed by atoms with Gasteiger partial charge in [-0.05, 0) is 24.0 Å². The van der Waals surface area contributed by atoms with E-state index in [0.717, 1.165) is 29.7 Å². The highest BCUT2D eigenvalue weighted by molar-refractivity contribution is 5.96. The molecule has 1 aliphatic heterocycles. The smallest absolute Gasteiger partial charge is 0.312 e. The first kappa shape index (κ1) is 17.8. The third-order valence-corrected chi connectivity index (χ3v) is 5.86. The molecule has 1 unspecified atom stereocenters. The van der Waals surface area contributed by atoms with Crippen LogP contribution in [0.15, 0.2) is 30.5 Å². The van der Waals surface area contributed by atoms with Crippen molar-refractivity contribution in [1.29, 1.82) is 0 Å². The van der Waals surface area contributed by atoms with Gasteiger partial charge in [0.1, 0.15) is 0 Å². The van der Waals surface area contributed by atoms with E-state index in [1.807, 2.05) is 31.3 Å². The van der Waals surface area contributed by atoms with Crippen LogP contribution in [-0.4, -0.2) is 38.2 Å². The normalized spacial score (nSPS) is 20.3. The number of nitrogens with zero attached hydrogens (tertiary/aromatic N) is 3. The Kier molecular flexibility index (Phi) is 4.72. The Morgan fingerprint density at radius 1 is 1.15 bits per heavy atom. The van der Waals surface area contributed by atoms with Crippen LogP contribution in [0.1, 0.15) is 71.1 Å². The molecule has 4 rings (SSSR count). The zero-order valence-corrected chi connectivity index (χ0v) is 15.6. The second-order valence-electron chi connectivity index (χ2n) is 7.71. The molecule has 1 aromatic heterocycles. The predicted molar refractivity (Wildman–Crippen MR) is 101 cm³/mol. The van der Waals surface area contributed by atoms with E-state index in [-0.39, 0.29) is 12.5 Å². The van der Waals surface area contributed by atoms with E-state index in [2.05, 4.69) is 5.10 Å². The number of hydrogen-bond donors (Lipinski definition) is 1. The quantitative estimate of drug-likeness (QED) is 0.903. The summed E-state index contributed by atoms with van der Waals surface area (Å²) in [6, 6.07) is 7.52. The number of amides is 1. The molecular weight excluding hydrogens is 342 g/mol. The summed E-state index contributed by atoms with van der Waals surface area (Å²) in [6.45, 7) is 0.641. The van der Waals surface area contributed by atoms with Crippen molar-refractivity contribution in [3.05, 3.63) is 52.8 Å². The molecule has 1 fully saturated rings. The standard InChI is InChI=1S/C21H25N3O3/c1-23-12-18(19(22-23)14-7-3-2-4-8-14)20(25)24-11-15-9-5-6-10-16(15)17(13-24)21(26)27/h5-6,9-10,12,14,17H,2-4,7-8,11,13H2,1H3,(H,26,27). The first-order chi connectivity index (χ1) is 13.0. The lowest BCUT2D eigenvalue weighted by Gasteiger charge is -2.33. The van der Waals surface area contributed by atoms with Crippen LogP contribution in [0.3, 0.4) is 0 Å². The van der Waals surface area contributed by atoms with Gasteiger partial charge in [0.05, 0.1) is 17.2 Å². The zero-order chi connectivity index (χ0) is 19.0. The van der Waals surface area contributed by atoms with E-state index in [4.69, 9.17) is 0 Å². The van der Waals surface area contributed by atoms with Gasteiger partial charge in [-0.3, -0.25) is 14.3 Å². The number of carbonyl (C=O) groups excluding carboxylic acids is 1. The maximum Gasteiger partial charge on any atom is 0.312 e. The van der Waals surface area contributed by atoms with Gasteiger partial charge >= 0.3 is 5.97 Å². The lowest BCUT2D eigenvalue weighted by molar-refractivity contribution is -0.139. The number of carboxylic acids is 1. The summed E-state index contributed by atoms with van der Waals surface area (Å²) in [5.41, 5.74) is 3.24. The molecule has 1 aromatic carbocycles. The van der Waals surface area contributed by atoms with Gasteiger partial charge in [0.2, 0.25) is 0 Å². The maximum absolute atomic E-state index is 13.3. The SMILES string of the molecule is Cn1cc(C(=O)N2Cc3ccccc3C(C(=O)O)C2)c(C2CCCCC2)n1. The van der Waals surface area contributed by atoms with Crippen molar-refractivity contribution in [2.45, 2.75) is 50.5 Å². The number of carbonyl (C=O) groups is 2. The Balaban J connectivity index is 1.65. The van der Waals surface area contributed by atoms with E-state index < -0.39 is 11.9 Å². The molecule has 0 radical (unpaired) electrons. The van der Waals surface area contributed by atoms with Crippen LogP contribution in [0.4, 0.5) is 0 Å². The van der Waals surface area contributed by atoms with Crippen LogP contribution in [0.5, 0.6) is 0 Å². The summed E-state index contributed by atoms with van der Waals surface area (Å²) < 4.78 is 1.71. The highest BCUT2D eigenvalue weighted by Crippen LogP contribution is 2.35. The van der Waals surface area contributed by atoms with Crippen LogP contribution in [0.25, 0.3) is 0 Å². The van der Waals surface area contributed by atoms with E-state index in [1.54, 1.807) is 15.8 Å². The Hall–Kier alpha value is -2.63. The molecule has 1 aliphatic carbocycles. The molecule has 1 amide bonds. The second kappa shape index (κ2) is 7.18. The topological polar surface area (TPSA) is 75.4 Å². The fraction of sp³-hybridized carbons (Fsp3) is 0.476. The minimum atomic E-state index is -0.890. The van der Waals surface area contributed by atoms with Gasteiger partial charge in [0, 0.05) is 32.3 Å². The average molecular weight is 367 g/mol. The molecular formula is C21H25N3O3. The van der Waals surface area contributed by atoms with E-state index >= 15 is 0 Å². The van der Waals surface area contributed by atoms with Crippen LogP contribution in [0, 0.1) is 0 Å². The van der Waals surface area contributed by atoms with Crippen molar-refractivity contribution in [1.82, 2.24) is 14.7 Å². The van der Waals surface area contributed by atoms with E-state index in [0.29, 0.717) is 18.0 Å². The number of benzene rings is 1. The van der Waals surface area contributed by atoms with Gasteiger partial charge in [-0.15, -0.1) is 0 Å². The average Bonchev–Trinajstić information content (AvgIpc) is 3.08. The molecule has 2 heterocycles. The highest BCUT2D eigenvalue weighted by Gasteiger charge is 2.35. The lowest BCUT2D eigenvalue weighted by atomic mass is 9.85. The van der Waals surface area contributed by atoms with Gasteiger partial charge < -0.3 is 10.0 Å². The Morgan fingerprint density at radius 2 is 1.89 bits per heavy atom. The number of fused-ring (bicyclic) bond motifs is 1. The van der Waals surface area contributed by atoms with E-state index in [1.165, 1.54) is 19.3 Å². The molecule has 1 atom stereocenters. The molecule has 6 heteroatoms. The fourth-order valence-corrected chi connectivity index (χ4v) is 4.49. The molecule has 1 N–H and O–H groups in total. The lowest BCUT2D eigenvalue weighted by Crippen LogP contribution is -2.40. The second-order valence-corrected chi connectivity index (χ2v) is 7.71. The summed E-state index contributed by atoms with van der Waals surface area (Å²) >= 11 is 0. The van der Waals surface area contributed by atoms with Crippen molar-refractivity contribution in [3.8, 4) is 0 Å². The maximum atomic E-state index is 13.3. The third-order valence-electron chi connectivity index (χ3n) is 5.86. The Bertz CT molecular complexity index is 867. The van der Waals surface area contributed by atoms with Crippen molar-refractivity contribution < 1.29 is 14.7 Å². The summed E-state index contributed by atoms with van der Waals surface area (Å²) in [5, 5.41) is 14.3. The summed E-state index contributed by atoms with van der Waals surface area (Å²) in [5.74, 6) is -1.36. The molecule has 27 heavy (non-hydrogen) atoms. The van der Waals surface area contributed by atoms with Crippen LogP contribution in [-0.2, 0) is 18.4 Å². The van der Waals surface area contributed by atoms with Crippen LogP contribution < -0.4 is 0 Å². The molecule has 0 saturated heterocycles. The molecule has 2 aliphatic rings. The Labute approximate surface area is 158 Å². The number of hydrogen-bond acceptors (Lipinski definition) is 3. The van der Waals surface area contributed by atoms with Gasteiger partial charge in [-0.2, -0.15) is 5.10 Å². The third kappa shape index (κ3) is 3.36. The first-order valence-electron chi connectivity index (χ1n) is 9.68. The van der Waals surface area contributed by atoms with Gasteiger partial charge in [0.15, 0.2) is 0 Å². The Morgan fingerprint density at radius 3 is 2.63 bits per heavy atom. The summed E-state index contributed by atoms with van der Waals surface area (Å²) in [6.07, 6.45) is 7.52. The minimum Gasteiger partial charge on any atom is -0.481 e. The van der Waals surface area contributed by atoms with Crippen molar-refractivity contribution in [2.75, 3.05) is 6.54 Å². The van der Waals surface area contributed by atoms with Crippen molar-refractivity contribution in [3.63, 3.8) is 0 Å². The van der Waals surface area contributed by atoms with E-state index in [9.17, 15) is 14.7 Å². The molecule has 0 spiro atoms. The minimum absolute atomic E-state index is 0.107. The van der Waals surface area contributed by atoms with Crippen LogP contribution in [0.2, 0.25) is 0 Å². The van der Waals surface area contributed by atoms with Gasteiger partial charge in [-0.1, -0.05) is 43.5 Å². The number of aliphatic carboxylic acids is 1. The van der Waals surface area contributed by atoms with Gasteiger partial charge in [-0.25, -0.2) is 0 Å². The van der Waals surface area contributed by atoms with Crippen molar-refractivity contribution >= 4 is 11.9 Å².